The van der Waals surface area contributed by atoms with Crippen LogP contribution in [0.5, 0.6) is 0 Å². The van der Waals surface area contributed by atoms with E-state index in [1.807, 2.05) is 0 Å². The Balaban J connectivity index is 1.98. The monoisotopic (exact) mass is 194 g/mol. The van der Waals surface area contributed by atoms with Crippen LogP contribution in [-0.4, -0.2) is 25.1 Å². The van der Waals surface area contributed by atoms with Crippen molar-refractivity contribution in [2.45, 2.75) is 6.54 Å². The first-order valence-electron chi connectivity index (χ1n) is 3.90. The van der Waals surface area contributed by atoms with Gasteiger partial charge in [0.05, 0.1) is 6.54 Å². The second-order valence-electron chi connectivity index (χ2n) is 2.51. The maximum absolute atomic E-state index is 12.6. The highest BCUT2D eigenvalue weighted by Gasteiger charge is 1.98. The zero-order valence-corrected chi connectivity index (χ0v) is 7.11. The highest BCUT2D eigenvalue weighted by atomic mass is 19.1. The molecule has 7 heteroatoms. The molecule has 0 aromatic carbocycles. The van der Waals surface area contributed by atoms with E-state index in [1.54, 1.807) is 0 Å². The number of hydrogen-bond acceptors (Lipinski definition) is 5. The molecule has 0 atom stereocenters. The third-order valence-corrected chi connectivity index (χ3v) is 1.54. The van der Waals surface area contributed by atoms with Gasteiger partial charge in [-0.15, -0.1) is 0 Å². The van der Waals surface area contributed by atoms with Crippen LogP contribution in [0, 0.1) is 5.95 Å². The molecule has 0 unspecified atom stereocenters. The van der Waals surface area contributed by atoms with Gasteiger partial charge < -0.3 is 5.32 Å². The molecule has 0 saturated heterocycles. The predicted molar refractivity (Wildman–Crippen MR) is 45.7 cm³/mol. The van der Waals surface area contributed by atoms with Gasteiger partial charge >= 0.3 is 0 Å². The van der Waals surface area contributed by atoms with Crippen LogP contribution < -0.4 is 5.32 Å². The number of H-pyrrole nitrogens is 1. The van der Waals surface area contributed by atoms with E-state index in [0.29, 0.717) is 18.2 Å². The number of rotatable bonds is 3. The van der Waals surface area contributed by atoms with E-state index in [4.69, 9.17) is 0 Å². The lowest BCUT2D eigenvalue weighted by Gasteiger charge is -2.01. The second kappa shape index (κ2) is 3.77. The van der Waals surface area contributed by atoms with Crippen molar-refractivity contribution in [3.05, 3.63) is 30.5 Å². The Labute approximate surface area is 78.6 Å². The highest BCUT2D eigenvalue weighted by molar-refractivity contribution is 5.31. The second-order valence-corrected chi connectivity index (χ2v) is 2.51. The summed E-state index contributed by atoms with van der Waals surface area (Å²) >= 11 is 0. The van der Waals surface area contributed by atoms with Crippen LogP contribution in [0.15, 0.2) is 18.7 Å². The zero-order chi connectivity index (χ0) is 9.80. The van der Waals surface area contributed by atoms with E-state index in [9.17, 15) is 4.39 Å². The van der Waals surface area contributed by atoms with Crippen molar-refractivity contribution in [3.63, 3.8) is 0 Å². The molecule has 2 rings (SSSR count). The van der Waals surface area contributed by atoms with E-state index >= 15 is 0 Å². The lowest BCUT2D eigenvalue weighted by atomic mass is 10.5. The molecule has 14 heavy (non-hydrogen) atoms. The van der Waals surface area contributed by atoms with Crippen molar-refractivity contribution in [3.8, 4) is 0 Å². The first kappa shape index (κ1) is 8.54. The fourth-order valence-corrected chi connectivity index (χ4v) is 0.921. The van der Waals surface area contributed by atoms with Gasteiger partial charge in [0.2, 0.25) is 5.95 Å². The standard InChI is InChI=1S/C7H7FN6/c8-5-1-6(11-3-10-5)9-2-7-12-4-13-14-7/h1,3-4H,2H2,(H,9,10,11)(H,12,13,14). The van der Waals surface area contributed by atoms with Gasteiger partial charge in [-0.25, -0.2) is 15.0 Å². The van der Waals surface area contributed by atoms with Crippen LogP contribution in [0.25, 0.3) is 0 Å². The summed E-state index contributed by atoms with van der Waals surface area (Å²) in [5.74, 6) is 0.498. The number of nitrogens with zero attached hydrogens (tertiary/aromatic N) is 4. The molecule has 2 aromatic heterocycles. The van der Waals surface area contributed by atoms with E-state index in [-0.39, 0.29) is 0 Å². The van der Waals surface area contributed by atoms with Crippen LogP contribution in [0.1, 0.15) is 5.82 Å². The lowest BCUT2D eigenvalue weighted by molar-refractivity contribution is 0.580. The maximum atomic E-state index is 12.6. The molecule has 2 heterocycles. The first-order chi connectivity index (χ1) is 6.84. The molecule has 0 spiro atoms. The highest BCUT2D eigenvalue weighted by Crippen LogP contribution is 2.02. The van der Waals surface area contributed by atoms with Gasteiger partial charge in [-0.1, -0.05) is 0 Å². The van der Waals surface area contributed by atoms with E-state index in [1.165, 1.54) is 12.4 Å². The Morgan fingerprint density at radius 2 is 2.21 bits per heavy atom. The summed E-state index contributed by atoms with van der Waals surface area (Å²) in [6.07, 6.45) is 2.55. The molecule has 72 valence electrons. The molecule has 2 aromatic rings. The van der Waals surface area contributed by atoms with Crippen molar-refractivity contribution in [2.24, 2.45) is 0 Å². The summed E-state index contributed by atoms with van der Waals surface area (Å²) in [6, 6.07) is 1.20. The lowest BCUT2D eigenvalue weighted by Crippen LogP contribution is -2.03. The smallest absolute Gasteiger partial charge is 0.217 e. The minimum Gasteiger partial charge on any atom is -0.363 e. The number of aromatic amines is 1. The number of anilines is 1. The molecule has 0 saturated carbocycles. The summed E-state index contributed by atoms with van der Waals surface area (Å²) in [4.78, 5) is 11.0. The normalized spacial score (nSPS) is 10.1. The minimum atomic E-state index is -0.569. The SMILES string of the molecule is Fc1cc(NCc2ncn[nH]2)ncn1. The van der Waals surface area contributed by atoms with Crippen molar-refractivity contribution in [2.75, 3.05) is 5.32 Å². The van der Waals surface area contributed by atoms with Crippen LogP contribution in [0.4, 0.5) is 10.2 Å². The van der Waals surface area contributed by atoms with E-state index in [2.05, 4.69) is 30.5 Å². The molecule has 0 aliphatic carbocycles. The van der Waals surface area contributed by atoms with E-state index < -0.39 is 5.95 Å². The summed E-state index contributed by atoms with van der Waals surface area (Å²) in [6.45, 7) is 0.413. The fourth-order valence-electron chi connectivity index (χ4n) is 0.921. The number of hydrogen-bond donors (Lipinski definition) is 2. The third-order valence-electron chi connectivity index (χ3n) is 1.54. The van der Waals surface area contributed by atoms with Gasteiger partial charge in [0, 0.05) is 6.07 Å². The summed E-state index contributed by atoms with van der Waals surface area (Å²) in [7, 11) is 0. The quantitative estimate of drug-likeness (QED) is 0.689. The van der Waals surface area contributed by atoms with Gasteiger partial charge in [-0.3, -0.25) is 5.10 Å². The largest absolute Gasteiger partial charge is 0.363 e. The third kappa shape index (κ3) is 2.00. The zero-order valence-electron chi connectivity index (χ0n) is 7.11. The van der Waals surface area contributed by atoms with Crippen LogP contribution >= 0.6 is 0 Å². The summed E-state index contributed by atoms with van der Waals surface area (Å²) in [5, 5.41) is 9.19. The Bertz CT molecular complexity index is 400. The van der Waals surface area contributed by atoms with Gasteiger partial charge in [-0.2, -0.15) is 9.49 Å². The van der Waals surface area contributed by atoms with Gasteiger partial charge in [-0.05, 0) is 0 Å². The summed E-state index contributed by atoms with van der Waals surface area (Å²) < 4.78 is 12.6. The molecule has 0 aliphatic heterocycles. The average molecular weight is 194 g/mol. The van der Waals surface area contributed by atoms with Crippen LogP contribution in [0.3, 0.4) is 0 Å². The van der Waals surface area contributed by atoms with Crippen molar-refractivity contribution >= 4 is 5.82 Å². The first-order valence-corrected chi connectivity index (χ1v) is 3.90. The number of halogens is 1. The van der Waals surface area contributed by atoms with Crippen molar-refractivity contribution in [1.29, 1.82) is 0 Å². The molecular weight excluding hydrogens is 187 g/mol. The van der Waals surface area contributed by atoms with E-state index in [0.717, 1.165) is 6.33 Å². The minimum absolute atomic E-state index is 0.411. The average Bonchev–Trinajstić information content (AvgIpc) is 2.67. The van der Waals surface area contributed by atoms with Gasteiger partial charge in [0.25, 0.3) is 0 Å². The molecule has 0 radical (unpaired) electrons. The Kier molecular flexibility index (Phi) is 2.30. The topological polar surface area (TPSA) is 79.4 Å². The molecule has 0 bridgehead atoms. The van der Waals surface area contributed by atoms with Gasteiger partial charge in [0.15, 0.2) is 0 Å². The predicted octanol–water partition coefficient (Wildman–Crippen LogP) is 0.346. The fraction of sp³-hybridized carbons (Fsp3) is 0.143. The number of nitrogens with one attached hydrogen (secondary N) is 2. The Morgan fingerprint density at radius 3 is 2.93 bits per heavy atom. The van der Waals surface area contributed by atoms with Gasteiger partial charge in [0.1, 0.15) is 24.3 Å². The molecule has 0 aliphatic rings. The Hall–Kier alpha value is -2.05. The molecule has 0 amide bonds. The molecule has 0 fully saturated rings. The molecule has 6 nitrogen and oxygen atoms in total. The van der Waals surface area contributed by atoms with Crippen molar-refractivity contribution < 1.29 is 4.39 Å². The van der Waals surface area contributed by atoms with Crippen LogP contribution in [0.2, 0.25) is 0 Å². The van der Waals surface area contributed by atoms with Crippen LogP contribution in [-0.2, 0) is 6.54 Å². The molecule has 2 N–H and O–H groups in total. The van der Waals surface area contributed by atoms with Crippen molar-refractivity contribution in [1.82, 2.24) is 25.1 Å². The maximum Gasteiger partial charge on any atom is 0.217 e. The number of aromatic nitrogens is 5. The Morgan fingerprint density at radius 1 is 1.29 bits per heavy atom. The molecular formula is C7H7FN6. The summed E-state index contributed by atoms with van der Waals surface area (Å²) in [5.41, 5.74) is 0.